The maximum atomic E-state index is 13.1. The Bertz CT molecular complexity index is 5790. The average molecular weight is 1500 g/mol. The number of aromatic carboxylic acids is 4. The summed E-state index contributed by atoms with van der Waals surface area (Å²) < 4.78 is 44.7. The number of phenols is 4. The Morgan fingerprint density at radius 2 is 0.658 bits per heavy atom. The van der Waals surface area contributed by atoms with E-state index in [1.165, 1.54) is 29.3 Å². The summed E-state index contributed by atoms with van der Waals surface area (Å²) >= 11 is 0. The first kappa shape index (κ1) is 77.5. The molecule has 16 heteroatoms. The van der Waals surface area contributed by atoms with Crippen LogP contribution in [-0.4, -0.2) is 71.8 Å². The van der Waals surface area contributed by atoms with Crippen LogP contribution in [0.15, 0.2) is 176 Å². The second-order valence-corrected chi connectivity index (χ2v) is 31.1. The van der Waals surface area contributed by atoms with Crippen molar-refractivity contribution < 1.29 is 77.9 Å². The molecule has 0 heterocycles. The highest BCUT2D eigenvalue weighted by molar-refractivity contribution is 6.11. The number of carboxylic acid groups (broad SMARTS) is 4. The Balaban J connectivity index is 0.000000131. The number of methoxy groups -OCH3 is 1. The molecule has 0 aromatic heterocycles. The van der Waals surface area contributed by atoms with Crippen molar-refractivity contribution in [2.75, 3.05) is 7.11 Å². The first-order chi connectivity index (χ1) is 52.8. The van der Waals surface area contributed by atoms with Crippen molar-refractivity contribution in [3.63, 3.8) is 0 Å². The number of ether oxygens (including phenoxy) is 1. The third-order valence-electron chi connectivity index (χ3n) is 23.8. The molecule has 4 aliphatic carbocycles. The fraction of sp³-hybridized carbons (Fsp3) is 0.284. The van der Waals surface area contributed by atoms with Gasteiger partial charge in [-0.1, -0.05) is 186 Å². The van der Waals surface area contributed by atoms with Gasteiger partial charge in [0, 0.05) is 43.2 Å². The molecule has 0 spiro atoms. The van der Waals surface area contributed by atoms with Gasteiger partial charge in [0.25, 0.3) is 0 Å². The smallest absolute Gasteiger partial charge is 0.416 e. The number of phenolic OH excluding ortho intramolecular Hbond substituents is 4. The number of carboxylic acids is 4. The second kappa shape index (κ2) is 29.6. The highest BCUT2D eigenvalue weighted by Gasteiger charge is 2.47. The summed E-state index contributed by atoms with van der Waals surface area (Å²) in [6, 6.07) is 51.2. The summed E-state index contributed by atoms with van der Waals surface area (Å²) in [5.74, 6) is -2.51. The van der Waals surface area contributed by atoms with E-state index in [-0.39, 0.29) is 50.0 Å². The number of hydrogen-bond donors (Lipinski definition) is 8. The lowest BCUT2D eigenvalue weighted by Gasteiger charge is -2.33. The van der Waals surface area contributed by atoms with Crippen molar-refractivity contribution in [1.29, 1.82) is 0 Å². The van der Waals surface area contributed by atoms with Crippen LogP contribution in [0.4, 0.5) is 13.2 Å². The van der Waals surface area contributed by atoms with Crippen LogP contribution in [0.1, 0.15) is 230 Å². The fourth-order valence-corrected chi connectivity index (χ4v) is 18.2. The summed E-state index contributed by atoms with van der Waals surface area (Å²) in [5, 5.41) is 86.5. The Labute approximate surface area is 642 Å². The molecule has 13 nitrogen and oxygen atoms in total. The largest absolute Gasteiger partial charge is 0.507 e. The predicted octanol–water partition coefficient (Wildman–Crippen LogP) is 24.2. The molecule has 0 amide bonds. The molecule has 8 N–H and O–H groups in total. The van der Waals surface area contributed by atoms with E-state index in [4.69, 9.17) is 4.74 Å². The minimum atomic E-state index is -4.52. The SMILES string of the molecule is CC1(C)c2ccc(C(=O)O)cc2-c2c1cc(O)c1cc(C(F)(F)F)ccc21.CC1(C)c2ccc(C(=O)O)cc2-c2c1cc(O)c1ccccc21.CCCCC1(CCCC)c2ccc(C(=O)O)cc2-c2c1cc(O)c1cc(OC)c(C)cc21.CCCCC1(CCCC)c2ccc(C(=O)O)cc2-c2c1cc(O)c1ccccc21. The first-order valence-corrected chi connectivity index (χ1v) is 38.1. The van der Waals surface area contributed by atoms with E-state index in [0.29, 0.717) is 33.4 Å². The average Bonchev–Trinajstić information content (AvgIpc) is 1.56. The van der Waals surface area contributed by atoms with E-state index in [1.807, 2.05) is 124 Å². The van der Waals surface area contributed by atoms with Crippen LogP contribution >= 0.6 is 0 Å². The van der Waals surface area contributed by atoms with Crippen LogP contribution in [-0.2, 0) is 27.8 Å². The third kappa shape index (κ3) is 13.2. The number of carbonyl (C=O) groups is 4. The lowest BCUT2D eigenvalue weighted by Crippen LogP contribution is -2.25. The zero-order valence-electron chi connectivity index (χ0n) is 64.0. The zero-order chi connectivity index (χ0) is 79.7. The maximum absolute atomic E-state index is 13.1. The van der Waals surface area contributed by atoms with Gasteiger partial charge in [-0.05, 0) is 246 Å². The number of alkyl halides is 3. The third-order valence-corrected chi connectivity index (χ3v) is 23.8. The van der Waals surface area contributed by atoms with Gasteiger partial charge in [-0.15, -0.1) is 0 Å². The van der Waals surface area contributed by atoms with Crippen LogP contribution in [0, 0.1) is 6.92 Å². The number of halogens is 3. The van der Waals surface area contributed by atoms with Crippen molar-refractivity contribution in [1.82, 2.24) is 0 Å². The van der Waals surface area contributed by atoms with Crippen molar-refractivity contribution >= 4 is 67.0 Å². The Morgan fingerprint density at radius 1 is 0.351 bits per heavy atom. The van der Waals surface area contributed by atoms with Gasteiger partial charge < -0.3 is 45.6 Å². The minimum Gasteiger partial charge on any atom is -0.507 e. The van der Waals surface area contributed by atoms with Crippen molar-refractivity contribution in [3.8, 4) is 73.3 Å². The number of hydrogen-bond acceptors (Lipinski definition) is 9. The van der Waals surface area contributed by atoms with Gasteiger partial charge in [0.2, 0.25) is 0 Å². The van der Waals surface area contributed by atoms with Gasteiger partial charge >= 0.3 is 30.1 Å². The monoisotopic (exact) mass is 1500 g/mol. The predicted molar refractivity (Wildman–Crippen MR) is 432 cm³/mol. The normalized spacial score (nSPS) is 14.2. The van der Waals surface area contributed by atoms with E-state index < -0.39 is 41.0 Å². The molecular formula is C95H91F3O13. The summed E-state index contributed by atoms with van der Waals surface area (Å²) in [6.07, 6.45) is 8.17. The zero-order valence-corrected chi connectivity index (χ0v) is 64.0. The molecule has 0 saturated carbocycles. The Kier molecular flexibility index (Phi) is 20.7. The van der Waals surface area contributed by atoms with Crippen LogP contribution in [0.25, 0.3) is 87.6 Å². The first-order valence-electron chi connectivity index (χ1n) is 38.1. The molecule has 16 rings (SSSR count). The summed E-state index contributed by atoms with van der Waals surface area (Å²) in [7, 11) is 1.63. The molecule has 0 radical (unpaired) electrons. The molecule has 0 bridgehead atoms. The molecule has 570 valence electrons. The number of benzene rings is 12. The molecule has 12 aromatic carbocycles. The highest BCUT2D eigenvalue weighted by Crippen LogP contribution is 2.61. The molecule has 0 saturated heterocycles. The molecule has 0 fully saturated rings. The van der Waals surface area contributed by atoms with E-state index in [1.54, 1.807) is 43.5 Å². The highest BCUT2D eigenvalue weighted by atomic mass is 19.4. The summed E-state index contributed by atoms with van der Waals surface area (Å²) in [6.45, 7) is 18.9. The maximum Gasteiger partial charge on any atom is 0.416 e. The lowest BCUT2D eigenvalue weighted by atomic mass is 9.70. The van der Waals surface area contributed by atoms with E-state index in [2.05, 4.69) is 47.6 Å². The number of fused-ring (bicyclic) bond motifs is 20. The molecule has 0 atom stereocenters. The molecule has 12 aromatic rings. The number of aryl methyl sites for hydroxylation is 1. The number of unbranched alkanes of at least 4 members (excludes halogenated alkanes) is 4. The van der Waals surface area contributed by atoms with Crippen molar-refractivity contribution in [2.24, 2.45) is 0 Å². The Hall–Kier alpha value is -11.7. The van der Waals surface area contributed by atoms with Crippen LogP contribution in [0.2, 0.25) is 0 Å². The standard InChI is InChI=1S/C28H32O4.C26H28O3.C21H15F3O3.C20H16O3/c1-5-7-11-28(12-8-6-2)22-10-9-18(27(30)31)14-21(22)26-20-13-17(3)25(32-4)15-19(20)24(29)16-23(26)28;1-3-5-13-26(14-6-4-2)21-12-11-17(25(28)29)15-20(21)24-19-10-8-7-9-18(19)23(27)16-22(24)26;1-20(2)15-6-3-10(19(26)27)7-14(15)18-12-5-4-11(21(22,23)24)8-13(12)17(25)9-16(18)20;1-20(2)15-8-7-11(19(22)23)9-14(15)18-13-6-4-3-5-12(13)17(21)10-16(18)20/h9-10,13-16,29H,5-8,11-12H2,1-4H3,(H,30,31);7-12,15-16,27H,3-6,13-14H2,1-2H3,(H,28,29);3-9,25H,1-2H3,(H,26,27);3-10,21H,1-2H3,(H,22,23). The second-order valence-electron chi connectivity index (χ2n) is 31.1. The molecule has 0 unspecified atom stereocenters. The van der Waals surface area contributed by atoms with E-state index in [9.17, 15) is 73.2 Å². The van der Waals surface area contributed by atoms with Crippen LogP contribution in [0.3, 0.4) is 0 Å². The van der Waals surface area contributed by atoms with Crippen LogP contribution in [0.5, 0.6) is 28.7 Å². The quantitative estimate of drug-likeness (QED) is 0.0424. The number of rotatable bonds is 17. The van der Waals surface area contributed by atoms with Gasteiger partial charge in [0.15, 0.2) is 0 Å². The van der Waals surface area contributed by atoms with Gasteiger partial charge in [-0.3, -0.25) is 0 Å². The van der Waals surface area contributed by atoms with Crippen LogP contribution < -0.4 is 4.74 Å². The number of aromatic hydroxyl groups is 4. The van der Waals surface area contributed by atoms with Crippen molar-refractivity contribution in [2.45, 2.75) is 167 Å². The summed E-state index contributed by atoms with van der Waals surface area (Å²) in [5.41, 5.74) is 15.9. The lowest BCUT2D eigenvalue weighted by molar-refractivity contribution is -0.137. The minimum absolute atomic E-state index is 0.0907. The van der Waals surface area contributed by atoms with Gasteiger partial charge in [0.1, 0.15) is 28.7 Å². The molecular weight excluding hydrogens is 1410 g/mol. The molecule has 0 aliphatic heterocycles. The molecule has 4 aliphatic rings. The van der Waals surface area contributed by atoms with Gasteiger partial charge in [-0.25, -0.2) is 19.2 Å². The topological polar surface area (TPSA) is 239 Å². The van der Waals surface area contributed by atoms with Gasteiger partial charge in [-0.2, -0.15) is 13.2 Å². The Morgan fingerprint density at radius 3 is 1.01 bits per heavy atom. The van der Waals surface area contributed by atoms with E-state index >= 15 is 0 Å². The van der Waals surface area contributed by atoms with Crippen molar-refractivity contribution in [3.05, 3.63) is 254 Å². The molecule has 111 heavy (non-hydrogen) atoms. The summed E-state index contributed by atoms with van der Waals surface area (Å²) in [4.78, 5) is 46.2. The fourth-order valence-electron chi connectivity index (χ4n) is 18.2. The van der Waals surface area contributed by atoms with Gasteiger partial charge in [0.05, 0.1) is 34.9 Å². The van der Waals surface area contributed by atoms with E-state index in [0.717, 1.165) is 200 Å².